The van der Waals surface area contributed by atoms with E-state index < -0.39 is 0 Å². The fraction of sp³-hybridized carbons (Fsp3) is 0.273. The molecule has 0 amide bonds. The third-order valence-corrected chi connectivity index (χ3v) is 1.46. The van der Waals surface area contributed by atoms with Crippen LogP contribution in [0.5, 0.6) is 0 Å². The van der Waals surface area contributed by atoms with Gasteiger partial charge in [0.05, 0.1) is 0 Å². The Kier molecular flexibility index (Phi) is 6.03. The predicted molar refractivity (Wildman–Crippen MR) is 59.2 cm³/mol. The van der Waals surface area contributed by atoms with Gasteiger partial charge >= 0.3 is 0 Å². The van der Waals surface area contributed by atoms with E-state index in [2.05, 4.69) is 4.74 Å². The van der Waals surface area contributed by atoms with Crippen LogP contribution in [-0.2, 0) is 4.74 Å². The van der Waals surface area contributed by atoms with Crippen molar-refractivity contribution in [2.24, 2.45) is 0 Å². The van der Waals surface area contributed by atoms with Crippen molar-refractivity contribution in [1.82, 2.24) is 0 Å². The van der Waals surface area contributed by atoms with Crippen LogP contribution in [0.3, 0.4) is 0 Å². The molecule has 0 unspecified atom stereocenters. The molecule has 0 saturated heterocycles. The lowest BCUT2D eigenvalue weighted by atomic mass is 10.1. The van der Waals surface area contributed by atoms with Crippen LogP contribution in [0.15, 0.2) is 24.3 Å². The monoisotopic (exact) mass is 192 g/mol. The van der Waals surface area contributed by atoms with E-state index in [-0.39, 0.29) is 5.90 Å². The highest BCUT2D eigenvalue weighted by Crippen LogP contribution is 2.04. The molecule has 0 spiro atoms. The average Bonchev–Trinajstić information content (AvgIpc) is 2.21. The molecule has 0 atom stereocenters. The Labute approximate surface area is 84.7 Å². The van der Waals surface area contributed by atoms with Crippen molar-refractivity contribution in [2.45, 2.75) is 20.8 Å². The van der Waals surface area contributed by atoms with Crippen LogP contribution in [0.4, 0.5) is 0 Å². The fourth-order valence-electron chi connectivity index (χ4n) is 0.913. The smallest absolute Gasteiger partial charge is 0.220 e. The summed E-state index contributed by atoms with van der Waals surface area (Å²) in [5.41, 5.74) is 1.77. The van der Waals surface area contributed by atoms with Crippen molar-refractivity contribution in [2.75, 3.05) is 0 Å². The van der Waals surface area contributed by atoms with Gasteiger partial charge in [0, 0.05) is 5.56 Å². The second-order valence-corrected chi connectivity index (χ2v) is 2.43. The van der Waals surface area contributed by atoms with Crippen LogP contribution in [0, 0.1) is 17.7 Å². The highest BCUT2D eigenvalue weighted by molar-refractivity contribution is 5.95. The molecule has 0 radical (unpaired) electrons. The standard InChI is InChI=1S/C9H10N2O.C2H6/c1-7-3-2-4-8(5-7)9(11)12-6-10;1-2/h2-6,10-11H,1H3;1-2H3. The molecule has 0 bridgehead atoms. The van der Waals surface area contributed by atoms with Gasteiger partial charge in [-0.3, -0.25) is 10.8 Å². The summed E-state index contributed by atoms with van der Waals surface area (Å²) in [7, 11) is 0. The van der Waals surface area contributed by atoms with Crippen molar-refractivity contribution < 1.29 is 4.74 Å². The first kappa shape index (κ1) is 12.4. The summed E-state index contributed by atoms with van der Waals surface area (Å²) in [5.74, 6) is 0.00806. The van der Waals surface area contributed by atoms with Gasteiger partial charge in [0.15, 0.2) is 6.40 Å². The Bertz CT molecular complexity index is 308. The molecule has 0 aliphatic rings. The van der Waals surface area contributed by atoms with Gasteiger partial charge in [-0.15, -0.1) is 0 Å². The highest BCUT2D eigenvalue weighted by atomic mass is 16.5. The first-order chi connectivity index (χ1) is 6.74. The summed E-state index contributed by atoms with van der Waals surface area (Å²) in [6.45, 7) is 5.95. The summed E-state index contributed by atoms with van der Waals surface area (Å²) >= 11 is 0. The van der Waals surface area contributed by atoms with Crippen LogP contribution in [0.2, 0.25) is 0 Å². The van der Waals surface area contributed by atoms with E-state index in [4.69, 9.17) is 10.8 Å². The zero-order valence-electron chi connectivity index (χ0n) is 8.79. The lowest BCUT2D eigenvalue weighted by molar-refractivity contribution is 0.561. The number of nitrogens with one attached hydrogen (secondary N) is 2. The first-order valence-corrected chi connectivity index (χ1v) is 4.55. The normalized spacial score (nSPS) is 8.21. The minimum absolute atomic E-state index is 0.00806. The summed E-state index contributed by atoms with van der Waals surface area (Å²) < 4.78 is 4.61. The number of benzene rings is 1. The van der Waals surface area contributed by atoms with Gasteiger partial charge in [-0.1, -0.05) is 31.5 Å². The Balaban J connectivity index is 0.000000791. The molecular formula is C11H16N2O. The Morgan fingerprint density at radius 1 is 1.36 bits per heavy atom. The van der Waals surface area contributed by atoms with Crippen molar-refractivity contribution in [3.8, 4) is 0 Å². The minimum atomic E-state index is 0.00806. The van der Waals surface area contributed by atoms with E-state index in [1.807, 2.05) is 39.0 Å². The highest BCUT2D eigenvalue weighted by Gasteiger charge is 1.99. The molecular weight excluding hydrogens is 176 g/mol. The van der Waals surface area contributed by atoms with Crippen molar-refractivity contribution in [3.63, 3.8) is 0 Å². The summed E-state index contributed by atoms with van der Waals surface area (Å²) in [5, 5.41) is 14.0. The summed E-state index contributed by atoms with van der Waals surface area (Å²) in [6.07, 6.45) is 0.755. The molecule has 0 aliphatic carbocycles. The molecule has 0 fully saturated rings. The van der Waals surface area contributed by atoms with Gasteiger partial charge in [0.1, 0.15) is 0 Å². The van der Waals surface area contributed by atoms with Gasteiger partial charge in [0.25, 0.3) is 0 Å². The van der Waals surface area contributed by atoms with E-state index >= 15 is 0 Å². The third kappa shape index (κ3) is 3.85. The lowest BCUT2D eigenvalue weighted by Crippen LogP contribution is -2.02. The second-order valence-electron chi connectivity index (χ2n) is 2.43. The molecule has 3 heteroatoms. The fourth-order valence-corrected chi connectivity index (χ4v) is 0.913. The first-order valence-electron chi connectivity index (χ1n) is 4.55. The van der Waals surface area contributed by atoms with Gasteiger partial charge in [0.2, 0.25) is 5.90 Å². The van der Waals surface area contributed by atoms with Gasteiger partial charge in [-0.05, 0) is 19.1 Å². The van der Waals surface area contributed by atoms with Crippen molar-refractivity contribution in [3.05, 3.63) is 35.4 Å². The number of rotatable bonds is 2. The zero-order chi connectivity index (χ0) is 11.0. The van der Waals surface area contributed by atoms with Crippen LogP contribution in [-0.4, -0.2) is 12.3 Å². The van der Waals surface area contributed by atoms with Crippen LogP contribution in [0.25, 0.3) is 0 Å². The van der Waals surface area contributed by atoms with E-state index in [0.717, 1.165) is 12.0 Å². The molecule has 3 nitrogen and oxygen atoms in total. The minimum Gasteiger partial charge on any atom is -0.428 e. The molecule has 14 heavy (non-hydrogen) atoms. The van der Waals surface area contributed by atoms with E-state index in [1.54, 1.807) is 6.07 Å². The lowest BCUT2D eigenvalue weighted by Gasteiger charge is -2.01. The maximum atomic E-state index is 7.35. The molecule has 0 aromatic heterocycles. The maximum Gasteiger partial charge on any atom is 0.220 e. The number of ether oxygens (including phenoxy) is 1. The molecule has 0 aliphatic heterocycles. The Morgan fingerprint density at radius 2 is 2.00 bits per heavy atom. The molecule has 1 aromatic carbocycles. The molecule has 1 aromatic rings. The van der Waals surface area contributed by atoms with Crippen LogP contribution >= 0.6 is 0 Å². The topological polar surface area (TPSA) is 56.9 Å². The third-order valence-electron chi connectivity index (χ3n) is 1.46. The van der Waals surface area contributed by atoms with Crippen molar-refractivity contribution in [1.29, 1.82) is 10.8 Å². The Hall–Kier alpha value is -1.64. The predicted octanol–water partition coefficient (Wildman–Crippen LogP) is 2.97. The molecule has 76 valence electrons. The van der Waals surface area contributed by atoms with E-state index in [9.17, 15) is 0 Å². The molecule has 2 N–H and O–H groups in total. The summed E-state index contributed by atoms with van der Waals surface area (Å²) in [4.78, 5) is 0. The Morgan fingerprint density at radius 3 is 2.50 bits per heavy atom. The number of hydrogen-bond donors (Lipinski definition) is 2. The maximum absolute atomic E-state index is 7.35. The quantitative estimate of drug-likeness (QED) is 0.549. The average molecular weight is 192 g/mol. The number of aryl methyl sites for hydroxylation is 1. The number of hydrogen-bond acceptors (Lipinski definition) is 3. The van der Waals surface area contributed by atoms with Gasteiger partial charge in [-0.25, -0.2) is 0 Å². The van der Waals surface area contributed by atoms with E-state index in [0.29, 0.717) is 5.56 Å². The molecule has 0 saturated carbocycles. The second kappa shape index (κ2) is 6.83. The largest absolute Gasteiger partial charge is 0.428 e. The van der Waals surface area contributed by atoms with Crippen LogP contribution < -0.4 is 0 Å². The van der Waals surface area contributed by atoms with Gasteiger partial charge in [-0.2, -0.15) is 0 Å². The van der Waals surface area contributed by atoms with E-state index in [1.165, 1.54) is 0 Å². The molecule has 1 rings (SSSR count). The summed E-state index contributed by atoms with van der Waals surface area (Å²) in [6, 6.07) is 7.42. The SMILES string of the molecule is CC.Cc1cccc(C(=N)OC=N)c1. The van der Waals surface area contributed by atoms with Crippen molar-refractivity contribution >= 4 is 12.3 Å². The van der Waals surface area contributed by atoms with Crippen LogP contribution in [0.1, 0.15) is 25.0 Å². The van der Waals surface area contributed by atoms with Gasteiger partial charge < -0.3 is 4.74 Å². The zero-order valence-corrected chi connectivity index (χ0v) is 8.79. The molecule has 0 heterocycles.